The van der Waals surface area contributed by atoms with Gasteiger partial charge in [-0.3, -0.25) is 10.1 Å². The number of urea groups is 1. The quantitative estimate of drug-likeness (QED) is 0.451. The highest BCUT2D eigenvalue weighted by Gasteiger charge is 2.14. The molecule has 0 spiro atoms. The van der Waals surface area contributed by atoms with Crippen LogP contribution in [0.5, 0.6) is 0 Å². The number of benzene rings is 1. The van der Waals surface area contributed by atoms with E-state index in [-0.39, 0.29) is 5.69 Å². The molecule has 0 atom stereocenters. The number of para-hydroxylation sites is 1. The summed E-state index contributed by atoms with van der Waals surface area (Å²) in [5, 5.41) is 14.3. The number of hydrazone groups is 1. The van der Waals surface area contributed by atoms with Crippen molar-refractivity contribution in [3.05, 3.63) is 39.9 Å². The van der Waals surface area contributed by atoms with E-state index in [4.69, 9.17) is 5.73 Å². The van der Waals surface area contributed by atoms with Crippen LogP contribution in [-0.2, 0) is 0 Å². The van der Waals surface area contributed by atoms with E-state index < -0.39 is 11.0 Å². The zero-order valence-electron chi connectivity index (χ0n) is 8.51. The number of nitro benzene ring substituents is 1. The Kier molecular flexibility index (Phi) is 3.54. The third kappa shape index (κ3) is 2.77. The molecule has 7 heteroatoms. The molecule has 16 heavy (non-hydrogen) atoms. The summed E-state index contributed by atoms with van der Waals surface area (Å²) in [5.74, 6) is 0. The number of nitrogens with two attached hydrogens (primary N) is 1. The van der Waals surface area contributed by atoms with Crippen molar-refractivity contribution < 1.29 is 9.72 Å². The van der Waals surface area contributed by atoms with E-state index in [9.17, 15) is 14.9 Å². The molecule has 0 fully saturated rings. The second-order valence-electron chi connectivity index (χ2n) is 2.95. The van der Waals surface area contributed by atoms with Crippen LogP contribution in [0, 0.1) is 10.1 Å². The minimum Gasteiger partial charge on any atom is -0.350 e. The molecule has 1 aromatic carbocycles. The summed E-state index contributed by atoms with van der Waals surface area (Å²) < 4.78 is 0. The van der Waals surface area contributed by atoms with Crippen LogP contribution in [0.1, 0.15) is 12.5 Å². The van der Waals surface area contributed by atoms with E-state index in [2.05, 4.69) is 5.10 Å². The first-order chi connectivity index (χ1) is 7.52. The number of nitrogens with one attached hydrogen (secondary N) is 1. The molecular weight excluding hydrogens is 212 g/mol. The first kappa shape index (κ1) is 11.6. The Morgan fingerprint density at radius 3 is 2.69 bits per heavy atom. The van der Waals surface area contributed by atoms with Gasteiger partial charge in [0.15, 0.2) is 0 Å². The largest absolute Gasteiger partial charge is 0.350 e. The number of nitro groups is 1. The lowest BCUT2D eigenvalue weighted by Crippen LogP contribution is -2.25. The number of amides is 2. The van der Waals surface area contributed by atoms with Crippen molar-refractivity contribution in [1.29, 1.82) is 0 Å². The van der Waals surface area contributed by atoms with Gasteiger partial charge >= 0.3 is 6.03 Å². The van der Waals surface area contributed by atoms with Crippen LogP contribution < -0.4 is 11.2 Å². The van der Waals surface area contributed by atoms with E-state index in [1.165, 1.54) is 13.0 Å². The van der Waals surface area contributed by atoms with Gasteiger partial charge in [-0.2, -0.15) is 5.10 Å². The highest BCUT2D eigenvalue weighted by atomic mass is 16.6. The second-order valence-corrected chi connectivity index (χ2v) is 2.95. The van der Waals surface area contributed by atoms with Crippen molar-refractivity contribution in [2.45, 2.75) is 6.92 Å². The van der Waals surface area contributed by atoms with Gasteiger partial charge < -0.3 is 5.73 Å². The molecule has 0 heterocycles. The number of hydrogen-bond acceptors (Lipinski definition) is 4. The number of rotatable bonds is 3. The van der Waals surface area contributed by atoms with Crippen molar-refractivity contribution in [3.8, 4) is 0 Å². The summed E-state index contributed by atoms with van der Waals surface area (Å²) in [4.78, 5) is 20.6. The Hall–Kier alpha value is -2.44. The van der Waals surface area contributed by atoms with Crippen molar-refractivity contribution in [1.82, 2.24) is 5.43 Å². The number of nitrogens with zero attached hydrogens (tertiary/aromatic N) is 2. The van der Waals surface area contributed by atoms with Crippen molar-refractivity contribution >= 4 is 17.4 Å². The lowest BCUT2D eigenvalue weighted by molar-refractivity contribution is -0.385. The molecule has 0 aromatic heterocycles. The molecule has 1 rings (SSSR count). The van der Waals surface area contributed by atoms with Gasteiger partial charge in [0.05, 0.1) is 16.2 Å². The topological polar surface area (TPSA) is 111 Å². The van der Waals surface area contributed by atoms with Gasteiger partial charge in [0.25, 0.3) is 5.69 Å². The Morgan fingerprint density at radius 2 is 2.12 bits per heavy atom. The second kappa shape index (κ2) is 4.87. The fraction of sp³-hybridized carbons (Fsp3) is 0.111. The molecule has 0 saturated carbocycles. The van der Waals surface area contributed by atoms with Crippen LogP contribution in [0.2, 0.25) is 0 Å². The Bertz CT molecular complexity index is 456. The highest BCUT2D eigenvalue weighted by Crippen LogP contribution is 2.18. The fourth-order valence-electron chi connectivity index (χ4n) is 1.14. The average molecular weight is 222 g/mol. The molecule has 2 amide bonds. The van der Waals surface area contributed by atoms with Gasteiger partial charge in [0, 0.05) is 6.07 Å². The fourth-order valence-corrected chi connectivity index (χ4v) is 1.14. The van der Waals surface area contributed by atoms with Crippen molar-refractivity contribution in [2.24, 2.45) is 10.8 Å². The predicted octanol–water partition coefficient (Wildman–Crippen LogP) is 0.987. The Balaban J connectivity index is 3.07. The summed E-state index contributed by atoms with van der Waals surface area (Å²) in [6, 6.07) is 5.28. The number of hydrogen-bond donors (Lipinski definition) is 2. The molecule has 0 radical (unpaired) electrons. The summed E-state index contributed by atoms with van der Waals surface area (Å²) in [5.41, 5.74) is 7.41. The maximum Gasteiger partial charge on any atom is 0.332 e. The van der Waals surface area contributed by atoms with Gasteiger partial charge in [-0.05, 0) is 13.0 Å². The smallest absolute Gasteiger partial charge is 0.332 e. The summed E-state index contributed by atoms with van der Waals surface area (Å²) in [6.45, 7) is 1.54. The summed E-state index contributed by atoms with van der Waals surface area (Å²) >= 11 is 0. The minimum absolute atomic E-state index is 0.0741. The normalized spacial score (nSPS) is 10.9. The monoisotopic (exact) mass is 222 g/mol. The summed E-state index contributed by atoms with van der Waals surface area (Å²) in [7, 11) is 0. The number of carbonyl (C=O) groups excluding carboxylic acids is 1. The minimum atomic E-state index is -0.821. The maximum atomic E-state index is 10.7. The zero-order valence-corrected chi connectivity index (χ0v) is 8.51. The molecule has 1 aromatic rings. The van der Waals surface area contributed by atoms with Crippen LogP contribution in [0.3, 0.4) is 0 Å². The van der Waals surface area contributed by atoms with E-state index in [1.807, 2.05) is 5.43 Å². The van der Waals surface area contributed by atoms with Gasteiger partial charge in [-0.25, -0.2) is 10.2 Å². The molecule has 0 bridgehead atoms. The number of primary amides is 1. The van der Waals surface area contributed by atoms with Gasteiger partial charge in [0.1, 0.15) is 0 Å². The highest BCUT2D eigenvalue weighted by molar-refractivity contribution is 6.02. The third-order valence-corrected chi connectivity index (χ3v) is 1.82. The zero-order chi connectivity index (χ0) is 12.1. The first-order valence-corrected chi connectivity index (χ1v) is 4.36. The molecule has 84 valence electrons. The van der Waals surface area contributed by atoms with Crippen LogP contribution >= 0.6 is 0 Å². The van der Waals surface area contributed by atoms with E-state index in [1.54, 1.807) is 18.2 Å². The standard InChI is InChI=1S/C9H10N4O3/c1-6(11-12-9(10)14)7-4-2-3-5-8(7)13(15)16/h2-5H,1H3,(H3,10,12,14)/b11-6+. The van der Waals surface area contributed by atoms with Crippen molar-refractivity contribution in [2.75, 3.05) is 0 Å². The third-order valence-electron chi connectivity index (χ3n) is 1.82. The van der Waals surface area contributed by atoms with Crippen LogP contribution in [0.4, 0.5) is 10.5 Å². The maximum absolute atomic E-state index is 10.7. The van der Waals surface area contributed by atoms with Crippen LogP contribution in [0.25, 0.3) is 0 Å². The molecule has 7 nitrogen and oxygen atoms in total. The molecule has 0 unspecified atom stereocenters. The van der Waals surface area contributed by atoms with E-state index >= 15 is 0 Å². The van der Waals surface area contributed by atoms with Gasteiger partial charge in [-0.1, -0.05) is 12.1 Å². The average Bonchev–Trinajstić information content (AvgIpc) is 2.25. The molecule has 0 aliphatic carbocycles. The van der Waals surface area contributed by atoms with E-state index in [0.717, 1.165) is 0 Å². The van der Waals surface area contributed by atoms with Crippen LogP contribution in [-0.4, -0.2) is 16.7 Å². The molecule has 0 aliphatic heterocycles. The van der Waals surface area contributed by atoms with Gasteiger partial charge in [0.2, 0.25) is 0 Å². The van der Waals surface area contributed by atoms with E-state index in [0.29, 0.717) is 11.3 Å². The Morgan fingerprint density at radius 1 is 1.50 bits per heavy atom. The first-order valence-electron chi connectivity index (χ1n) is 4.36. The molecule has 0 aliphatic rings. The molecular formula is C9H10N4O3. The predicted molar refractivity (Wildman–Crippen MR) is 58.0 cm³/mol. The van der Waals surface area contributed by atoms with Crippen LogP contribution in [0.15, 0.2) is 29.4 Å². The Labute approximate surface area is 91.1 Å². The molecule has 3 N–H and O–H groups in total. The van der Waals surface area contributed by atoms with Gasteiger partial charge in [-0.15, -0.1) is 0 Å². The SMILES string of the molecule is C/C(=N\NC(N)=O)c1ccccc1[N+](=O)[O-]. The lowest BCUT2D eigenvalue weighted by Gasteiger charge is -2.01. The summed E-state index contributed by atoms with van der Waals surface area (Å²) in [6.07, 6.45) is 0. The molecule has 0 saturated heterocycles. The number of carbonyl (C=O) groups is 1. The lowest BCUT2D eigenvalue weighted by atomic mass is 10.1. The van der Waals surface area contributed by atoms with Crippen molar-refractivity contribution in [3.63, 3.8) is 0 Å².